The monoisotopic (exact) mass is 198 g/mol. The zero-order chi connectivity index (χ0) is 11.1. The maximum Gasteiger partial charge on any atom is 0.488 e. The van der Waals surface area contributed by atoms with E-state index in [0.29, 0.717) is 0 Å². The predicted octanol–water partition coefficient (Wildman–Crippen LogP) is -0.624. The predicted molar refractivity (Wildman–Crippen MR) is 54.8 cm³/mol. The standard InChI is InChI=1S/C7H9BO4.C2H6/c9-7(10)5-2-1-3-6(4-5)8(11)12;1-2/h1-4,7,9-12H;1-2H3. The summed E-state index contributed by atoms with van der Waals surface area (Å²) in [5.74, 6) is 0. The van der Waals surface area contributed by atoms with Crippen LogP contribution >= 0.6 is 0 Å². The average Bonchev–Trinajstić information content (AvgIpc) is 2.21. The third-order valence-electron chi connectivity index (χ3n) is 1.51. The van der Waals surface area contributed by atoms with E-state index in [0.717, 1.165) is 0 Å². The van der Waals surface area contributed by atoms with Crippen LogP contribution in [0.25, 0.3) is 0 Å². The molecule has 0 saturated heterocycles. The second-order valence-corrected chi connectivity index (χ2v) is 2.42. The van der Waals surface area contributed by atoms with Crippen LogP contribution in [0.5, 0.6) is 0 Å². The van der Waals surface area contributed by atoms with Crippen LogP contribution in [-0.2, 0) is 0 Å². The lowest BCUT2D eigenvalue weighted by molar-refractivity contribution is -0.0424. The largest absolute Gasteiger partial charge is 0.488 e. The number of aliphatic hydroxyl groups excluding tert-OH is 1. The third kappa shape index (κ3) is 3.89. The van der Waals surface area contributed by atoms with Crippen LogP contribution in [0, 0.1) is 0 Å². The molecule has 0 radical (unpaired) electrons. The Hall–Kier alpha value is -0.875. The molecule has 0 atom stereocenters. The molecule has 1 rings (SSSR count). The van der Waals surface area contributed by atoms with Crippen molar-refractivity contribution in [2.45, 2.75) is 20.1 Å². The molecular formula is C9H15BO4. The summed E-state index contributed by atoms with van der Waals surface area (Å²) >= 11 is 0. The summed E-state index contributed by atoms with van der Waals surface area (Å²) in [5.41, 5.74) is 0.473. The fourth-order valence-corrected chi connectivity index (χ4v) is 0.880. The van der Waals surface area contributed by atoms with Gasteiger partial charge in [0.2, 0.25) is 0 Å². The van der Waals surface area contributed by atoms with Crippen molar-refractivity contribution in [1.82, 2.24) is 0 Å². The Balaban J connectivity index is 0.000000791. The lowest BCUT2D eigenvalue weighted by Crippen LogP contribution is -2.30. The first kappa shape index (κ1) is 13.1. The summed E-state index contributed by atoms with van der Waals surface area (Å²) < 4.78 is 0. The van der Waals surface area contributed by atoms with Crippen molar-refractivity contribution in [3.05, 3.63) is 29.8 Å². The topological polar surface area (TPSA) is 80.9 Å². The molecule has 0 saturated carbocycles. The average molecular weight is 198 g/mol. The summed E-state index contributed by atoms with van der Waals surface area (Å²) in [6.07, 6.45) is -1.58. The molecule has 0 amide bonds. The molecule has 0 aliphatic heterocycles. The van der Waals surface area contributed by atoms with Gasteiger partial charge < -0.3 is 20.3 Å². The molecule has 0 aliphatic rings. The first-order valence-electron chi connectivity index (χ1n) is 4.43. The van der Waals surface area contributed by atoms with Gasteiger partial charge in [-0.15, -0.1) is 0 Å². The lowest BCUT2D eigenvalue weighted by atomic mass is 9.79. The molecule has 0 spiro atoms. The molecule has 1 aromatic carbocycles. The van der Waals surface area contributed by atoms with Crippen LogP contribution in [0.15, 0.2) is 24.3 Å². The van der Waals surface area contributed by atoms with Gasteiger partial charge in [-0.2, -0.15) is 0 Å². The summed E-state index contributed by atoms with van der Waals surface area (Å²) in [6, 6.07) is 5.80. The molecular weight excluding hydrogens is 183 g/mol. The van der Waals surface area contributed by atoms with Gasteiger partial charge in [-0.1, -0.05) is 38.1 Å². The highest BCUT2D eigenvalue weighted by Gasteiger charge is 2.12. The lowest BCUT2D eigenvalue weighted by Gasteiger charge is -2.05. The van der Waals surface area contributed by atoms with Crippen LogP contribution in [-0.4, -0.2) is 27.4 Å². The van der Waals surface area contributed by atoms with Gasteiger partial charge in [-0.05, 0) is 5.46 Å². The van der Waals surface area contributed by atoms with Gasteiger partial charge in [0.05, 0.1) is 0 Å². The molecule has 0 heterocycles. The molecule has 4 N–H and O–H groups in total. The van der Waals surface area contributed by atoms with E-state index in [1.165, 1.54) is 24.3 Å². The SMILES string of the molecule is CC.OB(O)c1cccc(C(O)O)c1. The van der Waals surface area contributed by atoms with Gasteiger partial charge in [0, 0.05) is 5.56 Å². The molecule has 14 heavy (non-hydrogen) atoms. The third-order valence-corrected chi connectivity index (χ3v) is 1.51. The maximum absolute atomic E-state index is 8.72. The first-order valence-corrected chi connectivity index (χ1v) is 4.43. The van der Waals surface area contributed by atoms with Gasteiger partial charge >= 0.3 is 7.12 Å². The Kier molecular flexibility index (Phi) is 6.15. The number of aliphatic hydroxyl groups is 2. The minimum Gasteiger partial charge on any atom is -0.423 e. The van der Waals surface area contributed by atoms with E-state index in [1.54, 1.807) is 0 Å². The zero-order valence-corrected chi connectivity index (χ0v) is 8.25. The Bertz CT molecular complexity index is 239. The van der Waals surface area contributed by atoms with E-state index in [1.807, 2.05) is 13.8 Å². The smallest absolute Gasteiger partial charge is 0.423 e. The van der Waals surface area contributed by atoms with Crippen molar-refractivity contribution in [1.29, 1.82) is 0 Å². The molecule has 1 aromatic rings. The molecule has 78 valence electrons. The fourth-order valence-electron chi connectivity index (χ4n) is 0.880. The summed E-state index contributed by atoms with van der Waals surface area (Å²) in [4.78, 5) is 0. The van der Waals surface area contributed by atoms with Crippen LogP contribution < -0.4 is 5.46 Å². The maximum atomic E-state index is 8.72. The molecule has 0 fully saturated rings. The van der Waals surface area contributed by atoms with E-state index in [4.69, 9.17) is 20.3 Å². The van der Waals surface area contributed by atoms with E-state index < -0.39 is 13.4 Å². The van der Waals surface area contributed by atoms with Crippen molar-refractivity contribution in [2.75, 3.05) is 0 Å². The van der Waals surface area contributed by atoms with Crippen molar-refractivity contribution in [2.24, 2.45) is 0 Å². The summed E-state index contributed by atoms with van der Waals surface area (Å²) in [6.45, 7) is 4.00. The van der Waals surface area contributed by atoms with Crippen LogP contribution in [0.1, 0.15) is 25.7 Å². The summed E-state index contributed by atoms with van der Waals surface area (Å²) in [7, 11) is -1.58. The van der Waals surface area contributed by atoms with Crippen LogP contribution in [0.3, 0.4) is 0 Å². The normalized spacial score (nSPS) is 9.36. The number of benzene rings is 1. The fraction of sp³-hybridized carbons (Fsp3) is 0.333. The van der Waals surface area contributed by atoms with E-state index >= 15 is 0 Å². The molecule has 0 aliphatic carbocycles. The van der Waals surface area contributed by atoms with Crippen LogP contribution in [0.4, 0.5) is 0 Å². The molecule has 5 heteroatoms. The molecule has 0 bridgehead atoms. The second kappa shape index (κ2) is 6.56. The van der Waals surface area contributed by atoms with Gasteiger partial charge in [-0.25, -0.2) is 0 Å². The molecule has 0 unspecified atom stereocenters. The zero-order valence-electron chi connectivity index (χ0n) is 8.25. The Labute approximate surface area is 83.6 Å². The van der Waals surface area contributed by atoms with E-state index in [-0.39, 0.29) is 11.0 Å². The Morgan fingerprint density at radius 3 is 2.14 bits per heavy atom. The summed E-state index contributed by atoms with van der Waals surface area (Å²) in [5, 5.41) is 34.9. The van der Waals surface area contributed by atoms with Gasteiger partial charge in [-0.3, -0.25) is 0 Å². The van der Waals surface area contributed by atoms with E-state index in [9.17, 15) is 0 Å². The van der Waals surface area contributed by atoms with Gasteiger partial charge in [0.1, 0.15) is 0 Å². The van der Waals surface area contributed by atoms with Crippen molar-refractivity contribution in [3.8, 4) is 0 Å². The van der Waals surface area contributed by atoms with Crippen molar-refractivity contribution in [3.63, 3.8) is 0 Å². The highest BCUT2D eigenvalue weighted by Crippen LogP contribution is 2.06. The molecule has 0 aromatic heterocycles. The minimum absolute atomic E-state index is 0.237. The van der Waals surface area contributed by atoms with Gasteiger partial charge in [0.25, 0.3) is 0 Å². The van der Waals surface area contributed by atoms with Gasteiger partial charge in [0.15, 0.2) is 6.29 Å². The number of rotatable bonds is 2. The quantitative estimate of drug-likeness (QED) is 0.377. The Morgan fingerprint density at radius 1 is 1.14 bits per heavy atom. The van der Waals surface area contributed by atoms with E-state index in [2.05, 4.69) is 0 Å². The highest BCUT2D eigenvalue weighted by molar-refractivity contribution is 6.58. The molecule has 4 nitrogen and oxygen atoms in total. The van der Waals surface area contributed by atoms with Crippen LogP contribution in [0.2, 0.25) is 0 Å². The van der Waals surface area contributed by atoms with Crippen molar-refractivity contribution >= 4 is 12.6 Å². The first-order chi connectivity index (χ1) is 6.61. The Morgan fingerprint density at radius 2 is 1.71 bits per heavy atom. The number of hydrogen-bond acceptors (Lipinski definition) is 4. The minimum atomic E-state index is -1.58. The van der Waals surface area contributed by atoms with Crippen molar-refractivity contribution < 1.29 is 20.3 Å². The second-order valence-electron chi connectivity index (χ2n) is 2.42. The highest BCUT2D eigenvalue weighted by atomic mass is 16.5. The number of hydrogen-bond donors (Lipinski definition) is 4.